The maximum Gasteiger partial charge on any atom is 0.258 e. The van der Waals surface area contributed by atoms with E-state index in [9.17, 15) is 9.59 Å². The van der Waals surface area contributed by atoms with Crippen LogP contribution in [0.2, 0.25) is 0 Å². The molecule has 2 aliphatic rings. The molecule has 3 N–H and O–H groups in total. The minimum absolute atomic E-state index is 0.0260. The molecule has 3 aromatic rings. The summed E-state index contributed by atoms with van der Waals surface area (Å²) < 4.78 is 13.4. The molecule has 0 aliphatic carbocycles. The highest BCUT2D eigenvalue weighted by Crippen LogP contribution is 2.40. The summed E-state index contributed by atoms with van der Waals surface area (Å²) in [6.45, 7) is 39.1. The minimum atomic E-state index is -0.505. The Kier molecular flexibility index (Phi) is 27.1. The topological polar surface area (TPSA) is 130 Å². The number of likely N-dealkylation sites (tertiary alicyclic amines) is 1. The molecule has 0 radical (unpaired) electrons. The van der Waals surface area contributed by atoms with E-state index in [1.165, 1.54) is 51.8 Å². The highest BCUT2D eigenvalue weighted by Gasteiger charge is 2.36. The van der Waals surface area contributed by atoms with Gasteiger partial charge in [0, 0.05) is 69.2 Å². The van der Waals surface area contributed by atoms with E-state index in [1.807, 2.05) is 13.0 Å². The third-order valence-electron chi connectivity index (χ3n) is 12.7. The van der Waals surface area contributed by atoms with Crippen LogP contribution in [0.3, 0.4) is 0 Å². The summed E-state index contributed by atoms with van der Waals surface area (Å²) in [5, 5.41) is 9.39. The molecule has 2 aromatic heterocycles. The molecule has 4 heterocycles. The zero-order chi connectivity index (χ0) is 49.4. The van der Waals surface area contributed by atoms with E-state index in [2.05, 4.69) is 139 Å². The van der Waals surface area contributed by atoms with Gasteiger partial charge in [0.2, 0.25) is 5.91 Å². The molecule has 0 spiro atoms. The van der Waals surface area contributed by atoms with Crippen LogP contribution in [0.25, 0.3) is 22.2 Å². The maximum atomic E-state index is 12.9. The van der Waals surface area contributed by atoms with Gasteiger partial charge in [-0.2, -0.15) is 0 Å². The number of ether oxygens (including phenoxy) is 2. The lowest BCUT2D eigenvalue weighted by Gasteiger charge is -2.33. The van der Waals surface area contributed by atoms with Gasteiger partial charge in [0.25, 0.3) is 5.91 Å². The normalized spacial score (nSPS) is 16.7. The number of methoxy groups -OCH3 is 1. The molecular formula is C54H93N7O5. The molecule has 12 heteroatoms. The van der Waals surface area contributed by atoms with Crippen LogP contribution in [-0.2, 0) is 36.8 Å². The molecule has 5 rings (SSSR count). The van der Waals surface area contributed by atoms with Crippen LogP contribution < -0.4 is 16.1 Å². The average Bonchev–Trinajstić information content (AvgIpc) is 3.88. The first kappa shape index (κ1) is 58.4. The molecule has 0 bridgehead atoms. The number of fused-ring (bicyclic) bond motifs is 1. The number of hydrogen-bond donors (Lipinski definition) is 3. The monoisotopic (exact) mass is 920 g/mol. The number of nitrogens with zero attached hydrogens (tertiary/aromatic N) is 4. The molecule has 66 heavy (non-hydrogen) atoms. The Morgan fingerprint density at radius 1 is 1.00 bits per heavy atom. The predicted octanol–water partition coefficient (Wildman–Crippen LogP) is 9.61. The standard InChI is InChI=1S/C25H34N2O.C19H37N5O2.C9H20O.CH2O/c1-8-27-22-12-11-18(4)14-20(22)21(15-25(5,6)16-28-7)24(27)19-10-9-13-26-23(19)17(2)3;1-5-20-12-16-8-11-23(13-16)17(14(2)3)18(25)22-15(4)19(26)24-10-7-6-9-21-24;1-4-7-10-8-6-9(3)5-2;1-2/h9-14,17H,8,15-16H2,1-7H3;14-17,20-21H,5-13H2,1-4H3,(H,22,25);9H,4-8H2,1-3H3;1H2. The van der Waals surface area contributed by atoms with Gasteiger partial charge in [-0.25, -0.2) is 5.43 Å². The van der Waals surface area contributed by atoms with E-state index in [4.69, 9.17) is 19.3 Å². The number of hydrazine groups is 1. The average molecular weight is 920 g/mol. The predicted molar refractivity (Wildman–Crippen MR) is 275 cm³/mol. The van der Waals surface area contributed by atoms with E-state index >= 15 is 0 Å². The molecule has 2 saturated heterocycles. The van der Waals surface area contributed by atoms with Crippen molar-refractivity contribution in [1.29, 1.82) is 0 Å². The van der Waals surface area contributed by atoms with Crippen molar-refractivity contribution in [3.63, 3.8) is 0 Å². The van der Waals surface area contributed by atoms with Crippen molar-refractivity contribution in [3.8, 4) is 11.3 Å². The second kappa shape index (κ2) is 30.6. The smallest absolute Gasteiger partial charge is 0.258 e. The van der Waals surface area contributed by atoms with E-state index < -0.39 is 6.04 Å². The fourth-order valence-corrected chi connectivity index (χ4v) is 9.08. The number of benzene rings is 1. The van der Waals surface area contributed by atoms with Gasteiger partial charge in [-0.1, -0.05) is 87.3 Å². The summed E-state index contributed by atoms with van der Waals surface area (Å²) in [6, 6.07) is 10.5. The molecule has 2 fully saturated rings. The largest absolute Gasteiger partial charge is 0.384 e. The number of amides is 2. The first-order chi connectivity index (χ1) is 31.5. The summed E-state index contributed by atoms with van der Waals surface area (Å²) in [6.07, 6.45) is 9.73. The Bertz CT molecular complexity index is 1840. The van der Waals surface area contributed by atoms with E-state index in [1.54, 1.807) is 19.0 Å². The van der Waals surface area contributed by atoms with Gasteiger partial charge < -0.3 is 29.5 Å². The van der Waals surface area contributed by atoms with Crippen LogP contribution in [0.1, 0.15) is 144 Å². The van der Waals surface area contributed by atoms with Crippen LogP contribution in [0.5, 0.6) is 0 Å². The first-order valence-electron chi connectivity index (χ1n) is 25.3. The molecule has 374 valence electrons. The van der Waals surface area contributed by atoms with E-state index in [0.717, 1.165) is 97.1 Å². The number of pyridine rings is 1. The molecular weight excluding hydrogens is 827 g/mol. The van der Waals surface area contributed by atoms with Crippen LogP contribution in [0.15, 0.2) is 36.5 Å². The number of aryl methyl sites for hydroxylation is 2. The minimum Gasteiger partial charge on any atom is -0.384 e. The Hall–Kier alpha value is -3.68. The Morgan fingerprint density at radius 3 is 2.32 bits per heavy atom. The molecule has 2 amide bonds. The van der Waals surface area contributed by atoms with Gasteiger partial charge >= 0.3 is 0 Å². The van der Waals surface area contributed by atoms with Gasteiger partial charge in [-0.3, -0.25) is 24.5 Å². The zero-order valence-corrected chi connectivity index (χ0v) is 44.0. The molecule has 0 saturated carbocycles. The van der Waals surface area contributed by atoms with Gasteiger partial charge in [0.1, 0.15) is 12.8 Å². The highest BCUT2D eigenvalue weighted by atomic mass is 16.5. The number of hydrogen-bond acceptors (Lipinski definition) is 9. The lowest BCUT2D eigenvalue weighted by Crippen LogP contribution is -2.57. The SMILES string of the molecule is C=O.CCCOCCC(C)CC.CCNCC1CCN(C(C(=O)NC(C)C(=O)N2CCCCN2)C(C)C)C1.CCn1c(-c2cccnc2C(C)C)c(CC(C)(C)COC)c2cc(C)ccc21. The second-order valence-corrected chi connectivity index (χ2v) is 19.9. The number of carbonyl (C=O) groups excluding carboxylic acids is 3. The van der Waals surface area contributed by atoms with Crippen molar-refractivity contribution < 1.29 is 23.9 Å². The quantitative estimate of drug-likeness (QED) is 0.0895. The number of aromatic nitrogens is 2. The second-order valence-electron chi connectivity index (χ2n) is 19.9. The van der Waals surface area contributed by atoms with Crippen molar-refractivity contribution in [2.24, 2.45) is 23.2 Å². The number of nitrogens with one attached hydrogen (secondary N) is 3. The van der Waals surface area contributed by atoms with Gasteiger partial charge in [-0.15, -0.1) is 0 Å². The van der Waals surface area contributed by atoms with Crippen LogP contribution in [0.4, 0.5) is 0 Å². The Balaban J connectivity index is 0.000000366. The van der Waals surface area contributed by atoms with Gasteiger partial charge in [0.05, 0.1) is 24.0 Å². The van der Waals surface area contributed by atoms with Crippen molar-refractivity contribution in [1.82, 2.24) is 35.5 Å². The molecule has 2 aliphatic heterocycles. The summed E-state index contributed by atoms with van der Waals surface area (Å²) in [5.74, 6) is 1.94. The summed E-state index contributed by atoms with van der Waals surface area (Å²) in [4.78, 5) is 40.5. The lowest BCUT2D eigenvalue weighted by atomic mass is 9.84. The molecule has 4 unspecified atom stereocenters. The lowest BCUT2D eigenvalue weighted by molar-refractivity contribution is -0.141. The Morgan fingerprint density at radius 2 is 1.73 bits per heavy atom. The van der Waals surface area contributed by atoms with Crippen molar-refractivity contribution in [3.05, 3.63) is 53.3 Å². The molecule has 1 aromatic carbocycles. The summed E-state index contributed by atoms with van der Waals surface area (Å²) in [7, 11) is 1.79. The van der Waals surface area contributed by atoms with Crippen molar-refractivity contribution >= 4 is 29.5 Å². The number of rotatable bonds is 21. The van der Waals surface area contributed by atoms with Gasteiger partial charge in [-0.05, 0) is 138 Å². The highest BCUT2D eigenvalue weighted by molar-refractivity contribution is 5.93. The van der Waals surface area contributed by atoms with Crippen molar-refractivity contribution in [2.75, 3.05) is 66.2 Å². The third kappa shape index (κ3) is 18.1. The number of carbonyl (C=O) groups is 3. The van der Waals surface area contributed by atoms with Crippen LogP contribution in [-0.4, -0.2) is 116 Å². The van der Waals surface area contributed by atoms with Crippen molar-refractivity contribution in [2.45, 2.75) is 160 Å². The van der Waals surface area contributed by atoms with E-state index in [0.29, 0.717) is 18.4 Å². The van der Waals surface area contributed by atoms with Gasteiger partial charge in [0.15, 0.2) is 0 Å². The molecule has 12 nitrogen and oxygen atoms in total. The van der Waals surface area contributed by atoms with Crippen LogP contribution in [0, 0.1) is 30.1 Å². The fraction of sp³-hybridized carbons (Fsp3) is 0.704. The molecule has 4 atom stereocenters. The van der Waals surface area contributed by atoms with E-state index in [-0.39, 0.29) is 29.2 Å². The third-order valence-corrected chi connectivity index (χ3v) is 12.7. The maximum absolute atomic E-state index is 12.9. The summed E-state index contributed by atoms with van der Waals surface area (Å²) in [5.41, 5.74) is 11.0. The fourth-order valence-electron chi connectivity index (χ4n) is 9.08. The Labute approximate surface area is 401 Å². The zero-order valence-electron chi connectivity index (χ0n) is 44.0. The van der Waals surface area contributed by atoms with Crippen LogP contribution >= 0.6 is 0 Å². The first-order valence-corrected chi connectivity index (χ1v) is 25.3. The summed E-state index contributed by atoms with van der Waals surface area (Å²) >= 11 is 0.